The molecule has 1 fully saturated rings. The fourth-order valence-corrected chi connectivity index (χ4v) is 4.11. The first-order chi connectivity index (χ1) is 12.0. The summed E-state index contributed by atoms with van der Waals surface area (Å²) in [6, 6.07) is 7.65. The Morgan fingerprint density at radius 2 is 2.24 bits per heavy atom. The van der Waals surface area contributed by atoms with Crippen LogP contribution in [0.3, 0.4) is 0 Å². The molecule has 0 unspecified atom stereocenters. The summed E-state index contributed by atoms with van der Waals surface area (Å²) in [6.07, 6.45) is 1.99. The summed E-state index contributed by atoms with van der Waals surface area (Å²) in [6.45, 7) is 2.86. The van der Waals surface area contributed by atoms with E-state index in [0.29, 0.717) is 22.3 Å². The van der Waals surface area contributed by atoms with Crippen LogP contribution in [0, 0.1) is 0 Å². The SMILES string of the molecule is CCN(CCO)C(=O)CCN1C(=O)/C(=C/c2cccc(Br)c2)SC1=S. The van der Waals surface area contributed by atoms with Crippen molar-refractivity contribution < 1.29 is 14.7 Å². The van der Waals surface area contributed by atoms with Crippen LogP contribution in [0.5, 0.6) is 0 Å². The summed E-state index contributed by atoms with van der Waals surface area (Å²) < 4.78 is 1.40. The van der Waals surface area contributed by atoms with Gasteiger partial charge in [-0.2, -0.15) is 0 Å². The highest BCUT2D eigenvalue weighted by molar-refractivity contribution is 9.10. The number of aliphatic hydroxyl groups is 1. The van der Waals surface area contributed by atoms with Gasteiger partial charge in [0.05, 0.1) is 11.5 Å². The summed E-state index contributed by atoms with van der Waals surface area (Å²) in [4.78, 5) is 28.3. The van der Waals surface area contributed by atoms with E-state index in [2.05, 4.69) is 15.9 Å². The van der Waals surface area contributed by atoms with Crippen molar-refractivity contribution in [1.82, 2.24) is 9.80 Å². The minimum absolute atomic E-state index is 0.0734. The summed E-state index contributed by atoms with van der Waals surface area (Å²) >= 11 is 9.94. The van der Waals surface area contributed by atoms with Crippen LogP contribution in [0.1, 0.15) is 18.9 Å². The maximum atomic E-state index is 12.6. The molecule has 1 aliphatic heterocycles. The maximum absolute atomic E-state index is 12.6. The van der Waals surface area contributed by atoms with E-state index in [-0.39, 0.29) is 31.4 Å². The predicted octanol–water partition coefficient (Wildman–Crippen LogP) is 2.88. The average molecular weight is 443 g/mol. The number of thioether (sulfide) groups is 1. The molecule has 0 saturated carbocycles. The number of aliphatic hydroxyl groups excluding tert-OH is 1. The number of rotatable bonds is 7. The lowest BCUT2D eigenvalue weighted by molar-refractivity contribution is -0.132. The van der Waals surface area contributed by atoms with E-state index in [0.717, 1.165) is 10.0 Å². The highest BCUT2D eigenvalue weighted by Gasteiger charge is 2.32. The van der Waals surface area contributed by atoms with Gasteiger partial charge in [-0.3, -0.25) is 14.5 Å². The van der Waals surface area contributed by atoms with Gasteiger partial charge in [0.15, 0.2) is 0 Å². The molecule has 1 N–H and O–H groups in total. The molecule has 0 aliphatic carbocycles. The van der Waals surface area contributed by atoms with Gasteiger partial charge in [0.2, 0.25) is 5.91 Å². The third-order valence-corrected chi connectivity index (χ3v) is 5.54. The summed E-state index contributed by atoms with van der Waals surface area (Å²) in [5, 5.41) is 8.98. The quantitative estimate of drug-likeness (QED) is 0.519. The normalized spacial score (nSPS) is 16.0. The zero-order valence-electron chi connectivity index (χ0n) is 13.8. The molecule has 1 aliphatic rings. The molecule has 0 radical (unpaired) electrons. The van der Waals surface area contributed by atoms with Gasteiger partial charge in [0, 0.05) is 30.5 Å². The van der Waals surface area contributed by atoms with Crippen molar-refractivity contribution in [3.05, 3.63) is 39.2 Å². The fraction of sp³-hybridized carbons (Fsp3) is 0.353. The Hall–Kier alpha value is -1.22. The second kappa shape index (κ2) is 9.47. The molecular weight excluding hydrogens is 424 g/mol. The third-order valence-electron chi connectivity index (χ3n) is 3.67. The van der Waals surface area contributed by atoms with E-state index in [4.69, 9.17) is 17.3 Å². The van der Waals surface area contributed by atoms with E-state index in [1.54, 1.807) is 11.0 Å². The molecule has 8 heteroatoms. The van der Waals surface area contributed by atoms with Gasteiger partial charge < -0.3 is 10.0 Å². The topological polar surface area (TPSA) is 60.9 Å². The van der Waals surface area contributed by atoms with Crippen LogP contribution < -0.4 is 0 Å². The Kier molecular flexibility index (Phi) is 7.61. The van der Waals surface area contributed by atoms with Crippen molar-refractivity contribution in [3.8, 4) is 0 Å². The number of hydrogen-bond acceptors (Lipinski definition) is 5. The monoisotopic (exact) mass is 442 g/mol. The first-order valence-corrected chi connectivity index (χ1v) is 9.87. The molecule has 5 nitrogen and oxygen atoms in total. The Morgan fingerprint density at radius 3 is 2.88 bits per heavy atom. The molecule has 1 aromatic rings. The summed E-state index contributed by atoms with van der Waals surface area (Å²) in [5.74, 6) is -0.269. The minimum Gasteiger partial charge on any atom is -0.395 e. The van der Waals surface area contributed by atoms with Gasteiger partial charge in [-0.05, 0) is 30.7 Å². The van der Waals surface area contributed by atoms with Gasteiger partial charge in [0.1, 0.15) is 4.32 Å². The zero-order valence-corrected chi connectivity index (χ0v) is 17.0. The Bertz CT molecular complexity index is 709. The number of halogens is 1. The molecule has 0 bridgehead atoms. The van der Waals surface area contributed by atoms with Gasteiger partial charge in [-0.1, -0.05) is 52.0 Å². The molecule has 0 aromatic heterocycles. The summed E-state index contributed by atoms with van der Waals surface area (Å²) in [7, 11) is 0. The summed E-state index contributed by atoms with van der Waals surface area (Å²) in [5.41, 5.74) is 0.908. The van der Waals surface area contributed by atoms with Crippen molar-refractivity contribution in [2.45, 2.75) is 13.3 Å². The maximum Gasteiger partial charge on any atom is 0.266 e. The number of carbonyl (C=O) groups excluding carboxylic acids is 2. The number of amides is 2. The van der Waals surface area contributed by atoms with Crippen LogP contribution in [0.2, 0.25) is 0 Å². The van der Waals surface area contributed by atoms with Gasteiger partial charge >= 0.3 is 0 Å². The second-order valence-electron chi connectivity index (χ2n) is 5.34. The van der Waals surface area contributed by atoms with E-state index in [9.17, 15) is 9.59 Å². The van der Waals surface area contributed by atoms with E-state index < -0.39 is 0 Å². The van der Waals surface area contributed by atoms with Crippen LogP contribution in [0.4, 0.5) is 0 Å². The van der Waals surface area contributed by atoms with Crippen LogP contribution >= 0.6 is 39.9 Å². The van der Waals surface area contributed by atoms with E-state index in [1.165, 1.54) is 16.7 Å². The smallest absolute Gasteiger partial charge is 0.266 e. The highest BCUT2D eigenvalue weighted by Crippen LogP contribution is 2.32. The van der Waals surface area contributed by atoms with Crippen molar-refractivity contribution in [2.75, 3.05) is 26.2 Å². The molecule has 2 rings (SSSR count). The zero-order chi connectivity index (χ0) is 18.4. The third kappa shape index (κ3) is 5.37. The number of carbonyl (C=O) groups is 2. The molecule has 2 amide bonds. The van der Waals surface area contributed by atoms with E-state index in [1.807, 2.05) is 31.2 Å². The lowest BCUT2D eigenvalue weighted by atomic mass is 10.2. The predicted molar refractivity (Wildman–Crippen MR) is 108 cm³/mol. The van der Waals surface area contributed by atoms with Crippen LogP contribution in [-0.2, 0) is 9.59 Å². The number of nitrogens with zero attached hydrogens (tertiary/aromatic N) is 2. The first kappa shape index (κ1) is 20.1. The Morgan fingerprint density at radius 1 is 1.48 bits per heavy atom. The number of benzene rings is 1. The molecular formula is C17H19BrN2O3S2. The molecule has 134 valence electrons. The van der Waals surface area contributed by atoms with Crippen molar-refractivity contribution in [2.24, 2.45) is 0 Å². The van der Waals surface area contributed by atoms with E-state index >= 15 is 0 Å². The molecule has 0 atom stereocenters. The van der Waals surface area contributed by atoms with Crippen molar-refractivity contribution in [1.29, 1.82) is 0 Å². The van der Waals surface area contributed by atoms with Crippen LogP contribution in [0.15, 0.2) is 33.6 Å². The lowest BCUT2D eigenvalue weighted by Gasteiger charge is -2.21. The van der Waals surface area contributed by atoms with Crippen molar-refractivity contribution >= 4 is 62.1 Å². The number of likely N-dealkylation sites (N-methyl/N-ethyl adjacent to an activating group) is 1. The number of hydrogen-bond donors (Lipinski definition) is 1. The Labute approximate surface area is 165 Å². The molecule has 1 saturated heterocycles. The lowest BCUT2D eigenvalue weighted by Crippen LogP contribution is -2.37. The minimum atomic E-state index is -0.173. The average Bonchev–Trinajstić information content (AvgIpc) is 2.84. The first-order valence-electron chi connectivity index (χ1n) is 7.85. The van der Waals surface area contributed by atoms with Gasteiger partial charge in [-0.25, -0.2) is 0 Å². The molecule has 1 heterocycles. The second-order valence-corrected chi connectivity index (χ2v) is 7.93. The largest absolute Gasteiger partial charge is 0.395 e. The van der Waals surface area contributed by atoms with Crippen LogP contribution in [0.25, 0.3) is 6.08 Å². The molecule has 25 heavy (non-hydrogen) atoms. The Balaban J connectivity index is 2.02. The van der Waals surface area contributed by atoms with Gasteiger partial charge in [0.25, 0.3) is 5.91 Å². The molecule has 1 aromatic carbocycles. The number of thiocarbonyl (C=S) groups is 1. The fourth-order valence-electron chi connectivity index (χ4n) is 2.39. The van der Waals surface area contributed by atoms with Crippen LogP contribution in [-0.4, -0.2) is 57.3 Å². The van der Waals surface area contributed by atoms with Crippen molar-refractivity contribution in [3.63, 3.8) is 0 Å². The molecule has 0 spiro atoms. The standard InChI is InChI=1S/C17H19BrN2O3S2/c1-2-19(8-9-21)15(22)6-7-20-16(23)14(25-17(20)24)11-12-4-3-5-13(18)10-12/h3-5,10-11,21H,2,6-9H2,1H3/b14-11-. The van der Waals surface area contributed by atoms with Gasteiger partial charge in [-0.15, -0.1) is 0 Å². The highest BCUT2D eigenvalue weighted by atomic mass is 79.9.